The molecule has 22 heavy (non-hydrogen) atoms. The second kappa shape index (κ2) is 5.85. The van der Waals surface area contributed by atoms with Gasteiger partial charge in [-0.25, -0.2) is 9.97 Å². The van der Waals surface area contributed by atoms with Crippen LogP contribution in [0.3, 0.4) is 0 Å². The minimum absolute atomic E-state index is 0.623. The highest BCUT2D eigenvalue weighted by molar-refractivity contribution is 5.64. The van der Waals surface area contributed by atoms with Crippen molar-refractivity contribution in [2.24, 2.45) is 0 Å². The fraction of sp³-hybridized carbons (Fsp3) is 0.188. The van der Waals surface area contributed by atoms with Crippen molar-refractivity contribution in [1.29, 1.82) is 0 Å². The Balaban J connectivity index is 1.85. The van der Waals surface area contributed by atoms with Gasteiger partial charge in [0.05, 0.1) is 0 Å². The van der Waals surface area contributed by atoms with Crippen molar-refractivity contribution in [3.63, 3.8) is 0 Å². The zero-order valence-corrected chi connectivity index (χ0v) is 12.7. The molecule has 3 aromatic rings. The van der Waals surface area contributed by atoms with Gasteiger partial charge in [0.25, 0.3) is 0 Å². The number of aryl methyl sites for hydroxylation is 3. The van der Waals surface area contributed by atoms with Gasteiger partial charge in [-0.15, -0.1) is 0 Å². The van der Waals surface area contributed by atoms with Crippen molar-refractivity contribution in [2.45, 2.75) is 20.8 Å². The van der Waals surface area contributed by atoms with Crippen molar-refractivity contribution < 1.29 is 4.52 Å². The fourth-order valence-corrected chi connectivity index (χ4v) is 2.10. The van der Waals surface area contributed by atoms with Crippen LogP contribution in [0.1, 0.15) is 17.1 Å². The molecule has 0 aliphatic rings. The second-order valence-corrected chi connectivity index (χ2v) is 5.07. The van der Waals surface area contributed by atoms with E-state index in [2.05, 4.69) is 25.8 Å². The molecule has 2 aromatic heterocycles. The van der Waals surface area contributed by atoms with E-state index in [4.69, 9.17) is 4.52 Å². The Labute approximate surface area is 128 Å². The summed E-state index contributed by atoms with van der Waals surface area (Å²) in [4.78, 5) is 8.77. The van der Waals surface area contributed by atoms with Gasteiger partial charge in [0.15, 0.2) is 5.82 Å². The number of nitrogens with one attached hydrogen (secondary N) is 2. The summed E-state index contributed by atoms with van der Waals surface area (Å²) in [5.41, 5.74) is 2.17. The number of hydrogen-bond donors (Lipinski definition) is 2. The number of para-hydroxylation sites is 1. The van der Waals surface area contributed by atoms with E-state index >= 15 is 0 Å². The minimum atomic E-state index is 0.623. The van der Waals surface area contributed by atoms with Gasteiger partial charge in [-0.3, -0.25) is 0 Å². The highest BCUT2D eigenvalue weighted by Crippen LogP contribution is 2.22. The van der Waals surface area contributed by atoms with Crippen molar-refractivity contribution in [1.82, 2.24) is 15.1 Å². The average Bonchev–Trinajstić information content (AvgIpc) is 2.86. The van der Waals surface area contributed by atoms with Gasteiger partial charge >= 0.3 is 0 Å². The fourth-order valence-electron chi connectivity index (χ4n) is 2.10. The number of hydrogen-bond acceptors (Lipinski definition) is 6. The molecule has 0 radical (unpaired) electrons. The SMILES string of the molecule is Cc1nc(Nc2cc(C)on2)cc(Nc2ccccc2C)n1. The lowest BCUT2D eigenvalue weighted by Crippen LogP contribution is -2.02. The maximum atomic E-state index is 5.04. The van der Waals surface area contributed by atoms with E-state index in [-0.39, 0.29) is 0 Å². The minimum Gasteiger partial charge on any atom is -0.360 e. The summed E-state index contributed by atoms with van der Waals surface area (Å²) in [5, 5.41) is 10.3. The highest BCUT2D eigenvalue weighted by atomic mass is 16.5. The molecule has 112 valence electrons. The number of nitrogens with zero attached hydrogens (tertiary/aromatic N) is 3. The lowest BCUT2D eigenvalue weighted by atomic mass is 10.2. The Morgan fingerprint density at radius 2 is 1.59 bits per heavy atom. The first-order chi connectivity index (χ1) is 10.6. The van der Waals surface area contributed by atoms with E-state index in [1.54, 1.807) is 0 Å². The summed E-state index contributed by atoms with van der Waals surface area (Å²) >= 11 is 0. The third kappa shape index (κ3) is 3.22. The zero-order valence-electron chi connectivity index (χ0n) is 12.7. The van der Waals surface area contributed by atoms with Crippen LogP contribution in [0.5, 0.6) is 0 Å². The monoisotopic (exact) mass is 295 g/mol. The van der Waals surface area contributed by atoms with Crippen molar-refractivity contribution in [2.75, 3.05) is 10.6 Å². The summed E-state index contributed by atoms with van der Waals surface area (Å²) in [7, 11) is 0. The third-order valence-corrected chi connectivity index (χ3v) is 3.13. The maximum absolute atomic E-state index is 5.04. The predicted octanol–water partition coefficient (Wildman–Crippen LogP) is 3.88. The first-order valence-electron chi connectivity index (χ1n) is 6.99. The number of anilines is 4. The molecule has 0 bridgehead atoms. The molecule has 0 amide bonds. The molecule has 0 spiro atoms. The molecule has 2 N–H and O–H groups in total. The van der Waals surface area contributed by atoms with Gasteiger partial charge in [0.2, 0.25) is 0 Å². The summed E-state index contributed by atoms with van der Waals surface area (Å²) in [5.74, 6) is 3.42. The standard InChI is InChI=1S/C16H17N5O/c1-10-6-4-5-7-13(10)19-14-9-15(18-12(3)17-14)20-16-8-11(2)22-21-16/h4-9H,1-3H3,(H2,17,18,19,20,21). The summed E-state index contributed by atoms with van der Waals surface area (Å²) in [6.45, 7) is 5.74. The normalized spacial score (nSPS) is 10.5. The summed E-state index contributed by atoms with van der Waals surface area (Å²) in [6, 6.07) is 11.7. The molecule has 6 heteroatoms. The smallest absolute Gasteiger partial charge is 0.175 e. The molecular formula is C16H17N5O. The van der Waals surface area contributed by atoms with Crippen molar-refractivity contribution in [3.8, 4) is 0 Å². The molecule has 1 aromatic carbocycles. The van der Waals surface area contributed by atoms with Crippen LogP contribution < -0.4 is 10.6 Å². The first-order valence-corrected chi connectivity index (χ1v) is 6.99. The van der Waals surface area contributed by atoms with E-state index in [0.717, 1.165) is 22.8 Å². The van der Waals surface area contributed by atoms with Gasteiger partial charge in [-0.2, -0.15) is 0 Å². The highest BCUT2D eigenvalue weighted by Gasteiger charge is 2.06. The van der Waals surface area contributed by atoms with Gasteiger partial charge in [0, 0.05) is 17.8 Å². The van der Waals surface area contributed by atoms with Crippen LogP contribution in [-0.2, 0) is 0 Å². The largest absolute Gasteiger partial charge is 0.360 e. The molecule has 0 saturated carbocycles. The van der Waals surface area contributed by atoms with Crippen molar-refractivity contribution in [3.05, 3.63) is 53.5 Å². The molecule has 0 unspecified atom stereocenters. The van der Waals surface area contributed by atoms with Crippen LogP contribution in [0, 0.1) is 20.8 Å². The number of benzene rings is 1. The van der Waals surface area contributed by atoms with Crippen LogP contribution in [0.15, 0.2) is 40.9 Å². The van der Waals surface area contributed by atoms with Crippen LogP contribution in [0.4, 0.5) is 23.1 Å². The van der Waals surface area contributed by atoms with Crippen molar-refractivity contribution >= 4 is 23.1 Å². The second-order valence-electron chi connectivity index (χ2n) is 5.07. The Bertz CT molecular complexity index is 797. The number of aromatic nitrogens is 3. The molecular weight excluding hydrogens is 278 g/mol. The zero-order chi connectivity index (χ0) is 15.5. The Morgan fingerprint density at radius 3 is 2.27 bits per heavy atom. The summed E-state index contributed by atoms with van der Waals surface area (Å²) < 4.78 is 5.04. The summed E-state index contributed by atoms with van der Waals surface area (Å²) in [6.07, 6.45) is 0. The molecule has 3 rings (SSSR count). The lowest BCUT2D eigenvalue weighted by molar-refractivity contribution is 0.400. The Morgan fingerprint density at radius 1 is 0.864 bits per heavy atom. The molecule has 0 aliphatic heterocycles. The molecule has 0 aliphatic carbocycles. The molecule has 0 saturated heterocycles. The van der Waals surface area contributed by atoms with Crippen LogP contribution in [-0.4, -0.2) is 15.1 Å². The third-order valence-electron chi connectivity index (χ3n) is 3.13. The molecule has 6 nitrogen and oxygen atoms in total. The predicted molar refractivity (Wildman–Crippen MR) is 85.8 cm³/mol. The van der Waals surface area contributed by atoms with E-state index in [1.807, 2.05) is 57.2 Å². The molecule has 0 fully saturated rings. The van der Waals surface area contributed by atoms with Crippen LogP contribution in [0.25, 0.3) is 0 Å². The lowest BCUT2D eigenvalue weighted by Gasteiger charge is -2.10. The Hall–Kier alpha value is -2.89. The van der Waals surface area contributed by atoms with Crippen LogP contribution in [0.2, 0.25) is 0 Å². The van der Waals surface area contributed by atoms with E-state index in [0.29, 0.717) is 17.5 Å². The van der Waals surface area contributed by atoms with E-state index in [1.165, 1.54) is 0 Å². The van der Waals surface area contributed by atoms with Gasteiger partial charge in [-0.1, -0.05) is 23.4 Å². The van der Waals surface area contributed by atoms with Crippen LogP contribution >= 0.6 is 0 Å². The Kier molecular flexibility index (Phi) is 3.74. The maximum Gasteiger partial charge on any atom is 0.175 e. The molecule has 2 heterocycles. The average molecular weight is 295 g/mol. The first kappa shape index (κ1) is 14.1. The van der Waals surface area contributed by atoms with E-state index in [9.17, 15) is 0 Å². The van der Waals surface area contributed by atoms with Gasteiger partial charge in [0.1, 0.15) is 23.2 Å². The topological polar surface area (TPSA) is 75.9 Å². The van der Waals surface area contributed by atoms with Gasteiger partial charge in [-0.05, 0) is 32.4 Å². The number of rotatable bonds is 4. The van der Waals surface area contributed by atoms with E-state index < -0.39 is 0 Å². The quantitative estimate of drug-likeness (QED) is 0.760. The van der Waals surface area contributed by atoms with Gasteiger partial charge < -0.3 is 15.2 Å². The molecule has 0 atom stereocenters.